The molecule has 0 aliphatic carbocycles. The Morgan fingerprint density at radius 3 is 2.62 bits per heavy atom. The molecule has 0 bridgehead atoms. The molecule has 1 aromatic carbocycles. The number of para-hydroxylation sites is 1. The molecule has 3 aromatic heterocycles. The van der Waals surface area contributed by atoms with E-state index in [1.807, 2.05) is 38.1 Å². The molecular weight excluding hydrogens is 446 g/mol. The van der Waals surface area contributed by atoms with E-state index in [0.717, 1.165) is 5.56 Å². The van der Waals surface area contributed by atoms with E-state index in [1.54, 1.807) is 18.5 Å². The zero-order valence-electron chi connectivity index (χ0n) is 17.7. The second-order valence-electron chi connectivity index (χ2n) is 7.21. The third-order valence-electron chi connectivity index (χ3n) is 5.16. The first-order chi connectivity index (χ1) is 15.4. The maximum atomic E-state index is 13.3. The van der Waals surface area contributed by atoms with E-state index in [2.05, 4.69) is 20.6 Å². The number of nitrogens with zero attached hydrogens (tertiary/aromatic N) is 3. The summed E-state index contributed by atoms with van der Waals surface area (Å²) < 4.78 is 1.33. The molecule has 1 atom stereocenters. The van der Waals surface area contributed by atoms with Gasteiger partial charge < -0.3 is 10.6 Å². The normalized spacial score (nSPS) is 12.0. The molecule has 8 nitrogen and oxygen atoms in total. The summed E-state index contributed by atoms with van der Waals surface area (Å²) in [5.41, 5.74) is 1.86. The minimum absolute atomic E-state index is 0.292. The largest absolute Gasteiger partial charge is 0.321 e. The maximum absolute atomic E-state index is 13.3. The van der Waals surface area contributed by atoms with Crippen molar-refractivity contribution in [3.05, 3.63) is 68.5 Å². The second-order valence-corrected chi connectivity index (χ2v) is 9.11. The molecule has 4 aromatic rings. The van der Waals surface area contributed by atoms with Crippen molar-refractivity contribution >= 4 is 55.5 Å². The molecule has 0 radical (unpaired) electrons. The average molecular weight is 468 g/mol. The molecular formula is C22H21N5O3S2. The van der Waals surface area contributed by atoms with Gasteiger partial charge in [0.05, 0.1) is 16.6 Å². The fourth-order valence-electron chi connectivity index (χ4n) is 3.45. The number of aromatic nitrogens is 3. The van der Waals surface area contributed by atoms with Crippen LogP contribution in [0, 0.1) is 13.8 Å². The van der Waals surface area contributed by atoms with Crippen LogP contribution in [0.4, 0.5) is 10.8 Å². The predicted octanol–water partition coefficient (Wildman–Crippen LogP) is 4.37. The minimum atomic E-state index is -0.744. The molecule has 164 valence electrons. The quantitative estimate of drug-likeness (QED) is 0.438. The molecule has 0 aliphatic heterocycles. The van der Waals surface area contributed by atoms with Crippen LogP contribution in [0.25, 0.3) is 10.2 Å². The molecule has 2 N–H and O–H groups in total. The van der Waals surface area contributed by atoms with Crippen LogP contribution in [0.1, 0.15) is 40.2 Å². The molecule has 10 heteroatoms. The van der Waals surface area contributed by atoms with Gasteiger partial charge in [-0.25, -0.2) is 9.97 Å². The van der Waals surface area contributed by atoms with Gasteiger partial charge in [-0.1, -0.05) is 25.1 Å². The number of thiazole rings is 1. The van der Waals surface area contributed by atoms with Gasteiger partial charge in [-0.05, 0) is 37.5 Å². The molecule has 32 heavy (non-hydrogen) atoms. The maximum Gasteiger partial charge on any atom is 0.266 e. The highest BCUT2D eigenvalue weighted by atomic mass is 32.1. The lowest BCUT2D eigenvalue weighted by atomic mass is 10.1. The Labute approximate surface area is 192 Å². The van der Waals surface area contributed by atoms with E-state index < -0.39 is 6.04 Å². The van der Waals surface area contributed by atoms with Crippen molar-refractivity contribution < 1.29 is 9.59 Å². The number of rotatable bonds is 6. The summed E-state index contributed by atoms with van der Waals surface area (Å²) in [6, 6.07) is 6.74. The van der Waals surface area contributed by atoms with Gasteiger partial charge in [0.1, 0.15) is 10.9 Å². The van der Waals surface area contributed by atoms with Gasteiger partial charge in [-0.3, -0.25) is 19.0 Å². The topological polar surface area (TPSA) is 106 Å². The van der Waals surface area contributed by atoms with E-state index in [-0.39, 0.29) is 17.4 Å². The van der Waals surface area contributed by atoms with Gasteiger partial charge in [0.15, 0.2) is 5.13 Å². The van der Waals surface area contributed by atoms with Crippen molar-refractivity contribution in [2.75, 3.05) is 10.6 Å². The molecule has 0 fully saturated rings. The summed E-state index contributed by atoms with van der Waals surface area (Å²) in [7, 11) is 0. The Hall–Kier alpha value is -3.37. The Kier molecular flexibility index (Phi) is 6.15. The van der Waals surface area contributed by atoms with Crippen LogP contribution in [0.5, 0.6) is 0 Å². The first kappa shape index (κ1) is 21.8. The van der Waals surface area contributed by atoms with Crippen LogP contribution < -0.4 is 16.2 Å². The fraction of sp³-hybridized carbons (Fsp3) is 0.227. The fourth-order valence-corrected chi connectivity index (χ4v) is 5.02. The van der Waals surface area contributed by atoms with E-state index in [0.29, 0.717) is 37.9 Å². The lowest BCUT2D eigenvalue weighted by Gasteiger charge is -2.16. The lowest BCUT2D eigenvalue weighted by molar-refractivity contribution is -0.119. The third kappa shape index (κ3) is 4.06. The molecule has 0 saturated heterocycles. The smallest absolute Gasteiger partial charge is 0.266 e. The summed E-state index contributed by atoms with van der Waals surface area (Å²) in [6.07, 6.45) is 3.37. The number of fused-ring (bicyclic) bond motifs is 1. The number of nitrogens with one attached hydrogen (secondary N) is 2. The number of thiophene rings is 1. The molecule has 3 heterocycles. The second kappa shape index (κ2) is 9.01. The third-order valence-corrected chi connectivity index (χ3v) is 7.05. The van der Waals surface area contributed by atoms with E-state index in [1.165, 1.54) is 33.6 Å². The number of amides is 2. The number of hydrogen-bond acceptors (Lipinski definition) is 7. The SMILES string of the molecule is CCC(C(=O)Nc1nccs1)n1cnc2sc(C(=O)Nc3ccccc3C)c(C)c2c1=O. The van der Waals surface area contributed by atoms with Crippen LogP contribution >= 0.6 is 22.7 Å². The molecule has 0 spiro atoms. The summed E-state index contributed by atoms with van der Waals surface area (Å²) in [5, 5.41) is 8.22. The van der Waals surface area contributed by atoms with Gasteiger partial charge in [0.2, 0.25) is 5.91 Å². The van der Waals surface area contributed by atoms with E-state index >= 15 is 0 Å². The number of carbonyl (C=O) groups is 2. The van der Waals surface area contributed by atoms with Crippen molar-refractivity contribution in [3.8, 4) is 0 Å². The monoisotopic (exact) mass is 467 g/mol. The number of aryl methyl sites for hydroxylation is 2. The van der Waals surface area contributed by atoms with E-state index in [9.17, 15) is 14.4 Å². The lowest BCUT2D eigenvalue weighted by Crippen LogP contribution is -2.33. The Balaban J connectivity index is 1.69. The van der Waals surface area contributed by atoms with E-state index in [4.69, 9.17) is 0 Å². The predicted molar refractivity (Wildman–Crippen MR) is 128 cm³/mol. The van der Waals surface area contributed by atoms with Gasteiger partial charge in [-0.15, -0.1) is 22.7 Å². The number of hydrogen-bond donors (Lipinski definition) is 2. The summed E-state index contributed by atoms with van der Waals surface area (Å²) >= 11 is 2.47. The zero-order chi connectivity index (χ0) is 22.8. The standard InChI is InChI=1S/C22H21N5O3S2/c1-4-15(18(28)26-22-23-9-10-31-22)27-11-24-20-16(21(27)30)13(3)17(32-20)19(29)25-14-8-6-5-7-12(14)2/h5-11,15H,4H2,1-3H3,(H,25,29)(H,23,26,28). The van der Waals surface area contributed by atoms with Gasteiger partial charge in [-0.2, -0.15) is 0 Å². The number of benzene rings is 1. The molecule has 4 rings (SSSR count). The van der Waals surface area contributed by atoms with Crippen LogP contribution in [-0.2, 0) is 4.79 Å². The Morgan fingerprint density at radius 1 is 1.16 bits per heavy atom. The zero-order valence-corrected chi connectivity index (χ0v) is 19.3. The molecule has 1 unspecified atom stereocenters. The van der Waals surface area contributed by atoms with Crippen LogP contribution in [0.3, 0.4) is 0 Å². The first-order valence-electron chi connectivity index (χ1n) is 9.98. The molecule has 0 aliphatic rings. The Morgan fingerprint density at radius 2 is 1.94 bits per heavy atom. The van der Waals surface area contributed by atoms with Crippen LogP contribution in [0.15, 0.2) is 47.0 Å². The highest BCUT2D eigenvalue weighted by Crippen LogP contribution is 2.29. The summed E-state index contributed by atoms with van der Waals surface area (Å²) in [5.74, 6) is -0.629. The van der Waals surface area contributed by atoms with Crippen molar-refractivity contribution in [2.45, 2.75) is 33.2 Å². The molecule has 2 amide bonds. The van der Waals surface area contributed by atoms with Crippen LogP contribution in [0.2, 0.25) is 0 Å². The number of carbonyl (C=O) groups excluding carboxylic acids is 2. The van der Waals surface area contributed by atoms with Gasteiger partial charge in [0.25, 0.3) is 11.5 Å². The highest BCUT2D eigenvalue weighted by molar-refractivity contribution is 7.20. The minimum Gasteiger partial charge on any atom is -0.321 e. The van der Waals surface area contributed by atoms with Crippen molar-refractivity contribution in [1.29, 1.82) is 0 Å². The van der Waals surface area contributed by atoms with Crippen molar-refractivity contribution in [2.24, 2.45) is 0 Å². The molecule has 0 saturated carbocycles. The average Bonchev–Trinajstić information content (AvgIpc) is 3.40. The van der Waals surface area contributed by atoms with Gasteiger partial charge >= 0.3 is 0 Å². The van der Waals surface area contributed by atoms with Crippen molar-refractivity contribution in [1.82, 2.24) is 14.5 Å². The van der Waals surface area contributed by atoms with Crippen molar-refractivity contribution in [3.63, 3.8) is 0 Å². The summed E-state index contributed by atoms with van der Waals surface area (Å²) in [4.78, 5) is 48.3. The van der Waals surface area contributed by atoms with Gasteiger partial charge in [0, 0.05) is 17.3 Å². The highest BCUT2D eigenvalue weighted by Gasteiger charge is 2.25. The summed E-state index contributed by atoms with van der Waals surface area (Å²) in [6.45, 7) is 5.47. The first-order valence-corrected chi connectivity index (χ1v) is 11.7. The number of anilines is 2. The van der Waals surface area contributed by atoms with Crippen LogP contribution in [-0.4, -0.2) is 26.3 Å². The Bertz CT molecular complexity index is 1360.